The summed E-state index contributed by atoms with van der Waals surface area (Å²) in [7, 11) is 2.18. The van der Waals surface area contributed by atoms with Gasteiger partial charge in [-0.1, -0.05) is 13.3 Å². The summed E-state index contributed by atoms with van der Waals surface area (Å²) in [4.78, 5) is 7.15. The van der Waals surface area contributed by atoms with Gasteiger partial charge in [0.05, 0.1) is 0 Å². The number of aromatic nitrogens is 1. The molecule has 0 amide bonds. The van der Waals surface area contributed by atoms with Crippen molar-refractivity contribution in [2.45, 2.75) is 46.2 Å². The average Bonchev–Trinajstić information content (AvgIpc) is 2.35. The Hall–Kier alpha value is -0.930. The van der Waals surface area contributed by atoms with Gasteiger partial charge in [0, 0.05) is 37.4 Å². The second kappa shape index (κ2) is 6.30. The Bertz CT molecular complexity index is 401. The molecule has 3 heteroatoms. The third-order valence-corrected chi connectivity index (χ3v) is 3.68. The van der Waals surface area contributed by atoms with Gasteiger partial charge >= 0.3 is 0 Å². The van der Waals surface area contributed by atoms with E-state index in [1.54, 1.807) is 0 Å². The molecule has 18 heavy (non-hydrogen) atoms. The van der Waals surface area contributed by atoms with Crippen LogP contribution >= 0.6 is 0 Å². The predicted molar refractivity (Wildman–Crippen MR) is 75.6 cm³/mol. The van der Waals surface area contributed by atoms with Crippen molar-refractivity contribution in [3.63, 3.8) is 0 Å². The van der Waals surface area contributed by atoms with Crippen molar-refractivity contribution in [3.8, 4) is 0 Å². The molecule has 0 unspecified atom stereocenters. The smallest absolute Gasteiger partial charge is 0.0464 e. The van der Waals surface area contributed by atoms with Crippen LogP contribution in [0.15, 0.2) is 6.07 Å². The van der Waals surface area contributed by atoms with Crippen LogP contribution in [0.1, 0.15) is 42.3 Å². The number of nitrogens with one attached hydrogen (secondary N) is 1. The van der Waals surface area contributed by atoms with E-state index in [1.807, 2.05) is 0 Å². The summed E-state index contributed by atoms with van der Waals surface area (Å²) >= 11 is 0. The van der Waals surface area contributed by atoms with E-state index in [1.165, 1.54) is 35.4 Å². The zero-order valence-electron chi connectivity index (χ0n) is 11.9. The first kappa shape index (κ1) is 13.5. The van der Waals surface area contributed by atoms with Gasteiger partial charge in [-0.05, 0) is 44.1 Å². The zero-order chi connectivity index (χ0) is 13.0. The first-order valence-electron chi connectivity index (χ1n) is 7.08. The maximum atomic E-state index is 4.78. The first-order chi connectivity index (χ1) is 8.70. The second-order valence-electron chi connectivity index (χ2n) is 5.36. The number of nitrogens with zero attached hydrogens (tertiary/aromatic N) is 2. The Morgan fingerprint density at radius 3 is 3.06 bits per heavy atom. The molecular weight excluding hydrogens is 222 g/mol. The number of fused-ring (bicyclic) bond motifs is 1. The van der Waals surface area contributed by atoms with Crippen molar-refractivity contribution in [2.24, 2.45) is 0 Å². The number of pyridine rings is 1. The van der Waals surface area contributed by atoms with Gasteiger partial charge in [-0.15, -0.1) is 0 Å². The number of unbranched alkanes of at least 4 members (excludes halogenated alkanes) is 1. The van der Waals surface area contributed by atoms with Crippen molar-refractivity contribution < 1.29 is 0 Å². The Morgan fingerprint density at radius 2 is 2.28 bits per heavy atom. The molecule has 0 saturated carbocycles. The monoisotopic (exact) mass is 247 g/mol. The first-order valence-corrected chi connectivity index (χ1v) is 7.08. The van der Waals surface area contributed by atoms with Gasteiger partial charge in [0.15, 0.2) is 0 Å². The summed E-state index contributed by atoms with van der Waals surface area (Å²) < 4.78 is 0. The molecule has 0 aromatic carbocycles. The van der Waals surface area contributed by atoms with Gasteiger partial charge in [-0.3, -0.25) is 4.98 Å². The van der Waals surface area contributed by atoms with Gasteiger partial charge in [0.25, 0.3) is 0 Å². The van der Waals surface area contributed by atoms with E-state index in [4.69, 9.17) is 4.98 Å². The molecular formula is C15H25N3. The molecule has 0 saturated heterocycles. The van der Waals surface area contributed by atoms with Crippen molar-refractivity contribution >= 4 is 0 Å². The summed E-state index contributed by atoms with van der Waals surface area (Å²) in [5.74, 6) is 0. The molecule has 2 heterocycles. The highest BCUT2D eigenvalue weighted by Crippen LogP contribution is 2.19. The topological polar surface area (TPSA) is 28.2 Å². The summed E-state index contributed by atoms with van der Waals surface area (Å²) in [5, 5.41) is 3.51. The van der Waals surface area contributed by atoms with E-state index in [0.717, 1.165) is 32.6 Å². The minimum atomic E-state index is 0.954. The van der Waals surface area contributed by atoms with Crippen LogP contribution in [0.3, 0.4) is 0 Å². The van der Waals surface area contributed by atoms with Gasteiger partial charge in [-0.2, -0.15) is 0 Å². The summed E-state index contributed by atoms with van der Waals surface area (Å²) in [6, 6.07) is 2.35. The molecule has 1 N–H and O–H groups in total. The molecule has 1 aliphatic rings. The van der Waals surface area contributed by atoms with Crippen LogP contribution in [-0.4, -0.2) is 30.0 Å². The molecule has 0 radical (unpaired) electrons. The van der Waals surface area contributed by atoms with Crippen LogP contribution in [0.4, 0.5) is 0 Å². The summed E-state index contributed by atoms with van der Waals surface area (Å²) in [6.07, 6.45) is 3.59. The average molecular weight is 247 g/mol. The van der Waals surface area contributed by atoms with E-state index in [0.29, 0.717) is 0 Å². The fraction of sp³-hybridized carbons (Fsp3) is 0.667. The lowest BCUT2D eigenvalue weighted by molar-refractivity contribution is 0.309. The van der Waals surface area contributed by atoms with Crippen LogP contribution in [0.5, 0.6) is 0 Å². The Balaban J connectivity index is 2.04. The number of likely N-dealkylation sites (N-methyl/N-ethyl adjacent to an activating group) is 1. The molecule has 100 valence electrons. The van der Waals surface area contributed by atoms with Gasteiger partial charge in [-0.25, -0.2) is 0 Å². The fourth-order valence-electron chi connectivity index (χ4n) is 2.47. The van der Waals surface area contributed by atoms with E-state index in [9.17, 15) is 0 Å². The Labute approximate surface area is 111 Å². The fourth-order valence-corrected chi connectivity index (χ4v) is 2.47. The number of hydrogen-bond donors (Lipinski definition) is 1. The molecule has 2 rings (SSSR count). The van der Waals surface area contributed by atoms with Crippen LogP contribution in [-0.2, 0) is 19.5 Å². The van der Waals surface area contributed by atoms with E-state index in [-0.39, 0.29) is 0 Å². The minimum Gasteiger partial charge on any atom is -0.313 e. The standard InChI is InChI=1S/C15H25N3/c1-4-5-7-16-10-13-9-14-11-18(3)8-6-15(14)17-12(13)2/h9,16H,4-8,10-11H2,1-3H3. The molecule has 1 aromatic heterocycles. The van der Waals surface area contributed by atoms with Gasteiger partial charge in [0.1, 0.15) is 0 Å². The van der Waals surface area contributed by atoms with Gasteiger partial charge in [0.2, 0.25) is 0 Å². The van der Waals surface area contributed by atoms with Crippen molar-refractivity contribution in [3.05, 3.63) is 28.6 Å². The van der Waals surface area contributed by atoms with Crippen LogP contribution in [0.2, 0.25) is 0 Å². The molecule has 1 aromatic rings. The lowest BCUT2D eigenvalue weighted by atomic mass is 10.0. The normalized spacial score (nSPS) is 15.7. The minimum absolute atomic E-state index is 0.954. The Kier molecular flexibility index (Phi) is 4.72. The number of hydrogen-bond acceptors (Lipinski definition) is 3. The van der Waals surface area contributed by atoms with Gasteiger partial charge < -0.3 is 10.2 Å². The Morgan fingerprint density at radius 1 is 1.44 bits per heavy atom. The summed E-state index contributed by atoms with van der Waals surface area (Å²) in [6.45, 7) is 8.60. The highest BCUT2D eigenvalue weighted by Gasteiger charge is 2.16. The molecule has 1 aliphatic heterocycles. The van der Waals surface area contributed by atoms with Crippen LogP contribution in [0, 0.1) is 6.92 Å². The van der Waals surface area contributed by atoms with Crippen molar-refractivity contribution in [1.82, 2.24) is 15.2 Å². The third-order valence-electron chi connectivity index (χ3n) is 3.68. The lowest BCUT2D eigenvalue weighted by Gasteiger charge is -2.25. The van der Waals surface area contributed by atoms with E-state index >= 15 is 0 Å². The lowest BCUT2D eigenvalue weighted by Crippen LogP contribution is -2.28. The molecule has 0 aliphatic carbocycles. The zero-order valence-corrected chi connectivity index (χ0v) is 11.9. The SMILES string of the molecule is CCCCNCc1cc2c(nc1C)CCN(C)C2. The van der Waals surface area contributed by atoms with E-state index in [2.05, 4.69) is 37.2 Å². The molecule has 0 spiro atoms. The maximum Gasteiger partial charge on any atom is 0.0464 e. The molecule has 0 atom stereocenters. The maximum absolute atomic E-state index is 4.78. The van der Waals surface area contributed by atoms with E-state index < -0.39 is 0 Å². The van der Waals surface area contributed by atoms with Crippen LogP contribution in [0.25, 0.3) is 0 Å². The molecule has 3 nitrogen and oxygen atoms in total. The summed E-state index contributed by atoms with van der Waals surface area (Å²) in [5.41, 5.74) is 5.28. The highest BCUT2D eigenvalue weighted by molar-refractivity contribution is 5.31. The quantitative estimate of drug-likeness (QED) is 0.809. The third kappa shape index (κ3) is 3.30. The largest absolute Gasteiger partial charge is 0.313 e. The predicted octanol–water partition coefficient (Wildman–Crippen LogP) is 2.27. The van der Waals surface area contributed by atoms with Crippen molar-refractivity contribution in [2.75, 3.05) is 20.1 Å². The molecule has 0 fully saturated rings. The second-order valence-corrected chi connectivity index (χ2v) is 5.36. The van der Waals surface area contributed by atoms with Crippen LogP contribution < -0.4 is 5.32 Å². The number of aryl methyl sites for hydroxylation is 1. The highest BCUT2D eigenvalue weighted by atomic mass is 15.1. The van der Waals surface area contributed by atoms with Crippen molar-refractivity contribution in [1.29, 1.82) is 0 Å². The number of rotatable bonds is 5. The molecule has 0 bridgehead atoms.